The summed E-state index contributed by atoms with van der Waals surface area (Å²) in [4.78, 5) is 27.2. The van der Waals surface area contributed by atoms with Gasteiger partial charge in [0.25, 0.3) is 0 Å². The molecule has 0 fully saturated rings. The van der Waals surface area contributed by atoms with E-state index in [1.54, 1.807) is 25.3 Å². The number of pyridine rings is 1. The van der Waals surface area contributed by atoms with Crippen molar-refractivity contribution in [1.29, 1.82) is 0 Å². The van der Waals surface area contributed by atoms with E-state index < -0.39 is 18.0 Å². The van der Waals surface area contributed by atoms with Crippen molar-refractivity contribution in [2.45, 2.75) is 32.9 Å². The lowest BCUT2D eigenvalue weighted by Gasteiger charge is -2.15. The van der Waals surface area contributed by atoms with Gasteiger partial charge in [0.1, 0.15) is 6.04 Å². The summed E-state index contributed by atoms with van der Waals surface area (Å²) in [6.07, 6.45) is 1.55. The predicted octanol–water partition coefficient (Wildman–Crippen LogP) is 1.12. The molecule has 7 nitrogen and oxygen atoms in total. The molecular weight excluding hydrogens is 260 g/mol. The summed E-state index contributed by atoms with van der Waals surface area (Å²) in [5.74, 6) is 0.0722. The molecule has 0 spiro atoms. The molecule has 1 rings (SSSR count). The number of carbonyl (C=O) groups excluding carboxylic acids is 2. The zero-order valence-corrected chi connectivity index (χ0v) is 12.1. The Kier molecular flexibility index (Phi) is 5.76. The smallest absolute Gasteiger partial charge is 0.321 e. The number of nitrogens with one attached hydrogen (secondary N) is 3. The third-order valence-corrected chi connectivity index (χ3v) is 2.38. The summed E-state index contributed by atoms with van der Waals surface area (Å²) in [7, 11) is 1.53. The van der Waals surface area contributed by atoms with Crippen LogP contribution >= 0.6 is 0 Å². The standard InChI is InChI=1S/C13H20N4O3/c1-8(2)15-13(19)17-12(18)9(3)16-10-5-6-11(20-4)14-7-10/h5-9,16H,1-4H3,(H2,15,17,18,19)/t9-/m0/s1. The lowest BCUT2D eigenvalue weighted by atomic mass is 10.3. The summed E-state index contributed by atoms with van der Waals surface area (Å²) >= 11 is 0. The maximum atomic E-state index is 11.8. The first kappa shape index (κ1) is 15.7. The van der Waals surface area contributed by atoms with Crippen LogP contribution in [0, 0.1) is 0 Å². The predicted molar refractivity (Wildman–Crippen MR) is 75.7 cm³/mol. The van der Waals surface area contributed by atoms with Crippen molar-refractivity contribution < 1.29 is 14.3 Å². The fourth-order valence-corrected chi connectivity index (χ4v) is 1.42. The molecule has 3 N–H and O–H groups in total. The third-order valence-electron chi connectivity index (χ3n) is 2.38. The summed E-state index contributed by atoms with van der Waals surface area (Å²) < 4.78 is 4.94. The molecular formula is C13H20N4O3. The highest BCUT2D eigenvalue weighted by atomic mass is 16.5. The molecule has 0 bridgehead atoms. The van der Waals surface area contributed by atoms with E-state index in [0.717, 1.165) is 0 Å². The van der Waals surface area contributed by atoms with Crippen LogP contribution in [0.5, 0.6) is 5.88 Å². The third kappa shape index (κ3) is 5.13. The number of ether oxygens (including phenoxy) is 1. The number of amides is 3. The second-order valence-corrected chi connectivity index (χ2v) is 4.57. The van der Waals surface area contributed by atoms with Gasteiger partial charge in [0.15, 0.2) is 0 Å². The minimum Gasteiger partial charge on any atom is -0.481 e. The lowest BCUT2D eigenvalue weighted by molar-refractivity contribution is -0.120. The van der Waals surface area contributed by atoms with E-state index >= 15 is 0 Å². The number of carbonyl (C=O) groups is 2. The first-order valence-electron chi connectivity index (χ1n) is 6.30. The van der Waals surface area contributed by atoms with Crippen molar-refractivity contribution in [3.63, 3.8) is 0 Å². The normalized spacial score (nSPS) is 11.7. The van der Waals surface area contributed by atoms with Gasteiger partial charge in [-0.2, -0.15) is 0 Å². The Hall–Kier alpha value is -2.31. The molecule has 110 valence electrons. The maximum absolute atomic E-state index is 11.8. The number of rotatable bonds is 5. The van der Waals surface area contributed by atoms with Gasteiger partial charge in [0, 0.05) is 12.1 Å². The number of hydrogen-bond donors (Lipinski definition) is 3. The number of nitrogens with zero attached hydrogens (tertiary/aromatic N) is 1. The van der Waals surface area contributed by atoms with Crippen LogP contribution in [0.1, 0.15) is 20.8 Å². The summed E-state index contributed by atoms with van der Waals surface area (Å²) in [5, 5.41) is 7.78. The van der Waals surface area contributed by atoms with Crippen LogP contribution in [-0.2, 0) is 4.79 Å². The summed E-state index contributed by atoms with van der Waals surface area (Å²) in [6, 6.07) is 2.31. The molecule has 7 heteroatoms. The number of methoxy groups -OCH3 is 1. The first-order chi connectivity index (χ1) is 9.42. The molecule has 0 saturated heterocycles. The summed E-state index contributed by atoms with van der Waals surface area (Å²) in [6.45, 7) is 5.28. The second-order valence-electron chi connectivity index (χ2n) is 4.57. The molecule has 0 aromatic carbocycles. The Morgan fingerprint density at radius 3 is 2.45 bits per heavy atom. The van der Waals surface area contributed by atoms with Crippen molar-refractivity contribution in [3.8, 4) is 5.88 Å². The van der Waals surface area contributed by atoms with Gasteiger partial charge in [-0.25, -0.2) is 9.78 Å². The van der Waals surface area contributed by atoms with Crippen LogP contribution in [0.25, 0.3) is 0 Å². The zero-order valence-electron chi connectivity index (χ0n) is 12.1. The largest absolute Gasteiger partial charge is 0.481 e. The molecule has 0 aliphatic rings. The van der Waals surface area contributed by atoms with Gasteiger partial charge >= 0.3 is 6.03 Å². The summed E-state index contributed by atoms with van der Waals surface area (Å²) in [5.41, 5.74) is 0.665. The Labute approximate surface area is 118 Å². The van der Waals surface area contributed by atoms with Gasteiger partial charge < -0.3 is 15.4 Å². The molecule has 0 radical (unpaired) electrons. The van der Waals surface area contributed by atoms with E-state index in [0.29, 0.717) is 11.6 Å². The fourth-order valence-electron chi connectivity index (χ4n) is 1.42. The van der Waals surface area contributed by atoms with Gasteiger partial charge in [-0.15, -0.1) is 0 Å². The number of imide groups is 1. The average Bonchev–Trinajstić information content (AvgIpc) is 2.38. The fraction of sp³-hybridized carbons (Fsp3) is 0.462. The van der Waals surface area contributed by atoms with Crippen molar-refractivity contribution in [1.82, 2.24) is 15.6 Å². The van der Waals surface area contributed by atoms with Crippen molar-refractivity contribution >= 4 is 17.6 Å². The molecule has 1 heterocycles. The molecule has 0 saturated carbocycles. The number of aromatic nitrogens is 1. The zero-order chi connectivity index (χ0) is 15.1. The lowest BCUT2D eigenvalue weighted by Crippen LogP contribution is -2.47. The van der Waals surface area contributed by atoms with Crippen molar-refractivity contribution in [2.75, 3.05) is 12.4 Å². The topological polar surface area (TPSA) is 92.4 Å². The highest BCUT2D eigenvalue weighted by Gasteiger charge is 2.16. The van der Waals surface area contributed by atoms with Gasteiger partial charge in [0.05, 0.1) is 19.0 Å². The van der Waals surface area contributed by atoms with E-state index in [1.165, 1.54) is 7.11 Å². The van der Waals surface area contributed by atoms with Crippen LogP contribution < -0.4 is 20.7 Å². The van der Waals surface area contributed by atoms with Crippen molar-refractivity contribution in [2.24, 2.45) is 0 Å². The molecule has 3 amide bonds. The van der Waals surface area contributed by atoms with Gasteiger partial charge in [-0.1, -0.05) is 0 Å². The first-order valence-corrected chi connectivity index (χ1v) is 6.30. The van der Waals surface area contributed by atoms with Gasteiger partial charge in [-0.3, -0.25) is 10.1 Å². The van der Waals surface area contributed by atoms with Crippen molar-refractivity contribution in [3.05, 3.63) is 18.3 Å². The Morgan fingerprint density at radius 2 is 1.95 bits per heavy atom. The maximum Gasteiger partial charge on any atom is 0.321 e. The monoisotopic (exact) mass is 280 g/mol. The van der Waals surface area contributed by atoms with Gasteiger partial charge in [0.2, 0.25) is 11.8 Å². The highest BCUT2D eigenvalue weighted by Crippen LogP contribution is 2.11. The number of hydrogen-bond acceptors (Lipinski definition) is 5. The van der Waals surface area contributed by atoms with Crippen LogP contribution in [0.3, 0.4) is 0 Å². The quantitative estimate of drug-likeness (QED) is 0.751. The molecule has 0 aliphatic heterocycles. The van der Waals surface area contributed by atoms with E-state index in [2.05, 4.69) is 20.9 Å². The molecule has 1 aromatic heterocycles. The molecule has 20 heavy (non-hydrogen) atoms. The molecule has 0 unspecified atom stereocenters. The Balaban J connectivity index is 2.50. The average molecular weight is 280 g/mol. The minimum absolute atomic E-state index is 0.0307. The van der Waals surface area contributed by atoms with E-state index in [9.17, 15) is 9.59 Å². The Morgan fingerprint density at radius 1 is 1.25 bits per heavy atom. The second kappa shape index (κ2) is 7.32. The van der Waals surface area contributed by atoms with E-state index in [4.69, 9.17) is 4.74 Å². The Bertz CT molecular complexity index is 459. The van der Waals surface area contributed by atoms with E-state index in [-0.39, 0.29) is 6.04 Å². The number of urea groups is 1. The van der Waals surface area contributed by atoms with Crippen LogP contribution in [-0.4, -0.2) is 36.1 Å². The SMILES string of the molecule is COc1ccc(N[C@@H](C)C(=O)NC(=O)NC(C)C)cn1. The van der Waals surface area contributed by atoms with Crippen LogP contribution in [0.4, 0.5) is 10.5 Å². The molecule has 1 atom stereocenters. The van der Waals surface area contributed by atoms with Crippen LogP contribution in [0.2, 0.25) is 0 Å². The van der Waals surface area contributed by atoms with Gasteiger partial charge in [-0.05, 0) is 26.8 Å². The molecule has 1 aromatic rings. The van der Waals surface area contributed by atoms with E-state index in [1.807, 2.05) is 13.8 Å². The molecule has 0 aliphatic carbocycles. The van der Waals surface area contributed by atoms with Crippen LogP contribution in [0.15, 0.2) is 18.3 Å². The number of anilines is 1. The highest BCUT2D eigenvalue weighted by molar-refractivity contribution is 5.98. The minimum atomic E-state index is -0.567.